The summed E-state index contributed by atoms with van der Waals surface area (Å²) in [5.41, 5.74) is 17.4. The fraction of sp³-hybridized carbons (Fsp3) is 0.600. The van der Waals surface area contributed by atoms with Gasteiger partial charge in [0, 0.05) is 16.8 Å². The Morgan fingerprint density at radius 1 is 0.745 bits per heavy atom. The van der Waals surface area contributed by atoms with Gasteiger partial charge in [0.15, 0.2) is 5.75 Å². The highest BCUT2D eigenvalue weighted by Crippen LogP contribution is 2.38. The standard InChI is InChI=1S/C35H56N4O5S.2ClH/c1-20(2)25-15-27(21(3)4)31(28(16-25)22(5)6)19-33(40)39-45(42,43)44-34-29(23(7)8)17-26(18-30(34)24(9)10)38-35(41)32(37)13-11-12-14-36;;/h15-18,20-24,32H,11-14,19,36-37H2,1-10H3,(H,38,41)(H,39,40);2*1H/t32-;;/m0../s1. The monoisotopic (exact) mass is 716 g/mol. The van der Waals surface area contributed by atoms with Gasteiger partial charge < -0.3 is 21.0 Å². The summed E-state index contributed by atoms with van der Waals surface area (Å²) in [6.07, 6.45) is 1.95. The third kappa shape index (κ3) is 12.9. The number of nitrogens with two attached hydrogens (primary N) is 2. The zero-order valence-corrected chi connectivity index (χ0v) is 32.2. The largest absolute Gasteiger partial charge is 0.409 e. The number of hydrogen-bond acceptors (Lipinski definition) is 7. The van der Waals surface area contributed by atoms with E-state index >= 15 is 0 Å². The van der Waals surface area contributed by atoms with Gasteiger partial charge in [-0.3, -0.25) is 9.59 Å². The minimum Gasteiger partial charge on any atom is -0.366 e. The highest BCUT2D eigenvalue weighted by molar-refractivity contribution is 7.85. The van der Waals surface area contributed by atoms with E-state index in [4.69, 9.17) is 15.7 Å². The maximum absolute atomic E-state index is 13.4. The molecule has 0 aliphatic carbocycles. The van der Waals surface area contributed by atoms with Crippen LogP contribution in [0.3, 0.4) is 0 Å². The van der Waals surface area contributed by atoms with E-state index in [1.807, 2.05) is 27.7 Å². The van der Waals surface area contributed by atoms with Crippen LogP contribution < -0.4 is 25.7 Å². The molecule has 6 N–H and O–H groups in total. The summed E-state index contributed by atoms with van der Waals surface area (Å²) in [6, 6.07) is 6.97. The topological polar surface area (TPSA) is 154 Å². The molecule has 0 spiro atoms. The number of halogens is 2. The molecule has 0 heterocycles. The number of carbonyl (C=O) groups excluding carboxylic acids is 2. The molecular formula is C35H58Cl2N4O5S. The van der Waals surface area contributed by atoms with Crippen LogP contribution in [-0.2, 0) is 26.3 Å². The SMILES string of the molecule is CC(C)c1cc(C(C)C)c(CC(=O)NS(=O)(=O)Oc2c(C(C)C)cc(NC(=O)[C@@H](N)CCCCN)cc2C(C)C)c(C(C)C)c1.Cl.Cl. The van der Waals surface area contributed by atoms with Crippen LogP contribution in [0.5, 0.6) is 5.75 Å². The van der Waals surface area contributed by atoms with E-state index in [2.05, 4.69) is 63.7 Å². The Labute approximate surface area is 295 Å². The molecule has 0 fully saturated rings. The summed E-state index contributed by atoms with van der Waals surface area (Å²) in [5.74, 6) is -0.525. The first kappa shape index (κ1) is 44.6. The van der Waals surface area contributed by atoms with Crippen LogP contribution >= 0.6 is 24.8 Å². The number of amides is 2. The highest BCUT2D eigenvalue weighted by atomic mass is 35.5. The van der Waals surface area contributed by atoms with Crippen LogP contribution in [0.25, 0.3) is 0 Å². The van der Waals surface area contributed by atoms with Gasteiger partial charge in [-0.15, -0.1) is 24.8 Å². The zero-order valence-electron chi connectivity index (χ0n) is 29.7. The Morgan fingerprint density at radius 3 is 1.62 bits per heavy atom. The van der Waals surface area contributed by atoms with Crippen LogP contribution in [0.2, 0.25) is 0 Å². The number of hydrogen-bond donors (Lipinski definition) is 4. The van der Waals surface area contributed by atoms with Crippen molar-refractivity contribution in [2.45, 2.75) is 131 Å². The number of anilines is 1. The molecule has 0 saturated heterocycles. The highest BCUT2D eigenvalue weighted by Gasteiger charge is 2.27. The van der Waals surface area contributed by atoms with Crippen molar-refractivity contribution in [2.75, 3.05) is 11.9 Å². The fourth-order valence-electron chi connectivity index (χ4n) is 5.35. The third-order valence-electron chi connectivity index (χ3n) is 7.99. The van der Waals surface area contributed by atoms with Crippen LogP contribution in [0.4, 0.5) is 5.69 Å². The molecule has 0 aliphatic rings. The van der Waals surface area contributed by atoms with E-state index in [1.54, 1.807) is 12.1 Å². The number of carbonyl (C=O) groups is 2. The second kappa shape index (κ2) is 19.6. The molecule has 268 valence electrons. The lowest BCUT2D eigenvalue weighted by Gasteiger charge is -2.23. The Hall–Kier alpha value is -2.37. The molecule has 0 radical (unpaired) electrons. The summed E-state index contributed by atoms with van der Waals surface area (Å²) in [5, 5.41) is 2.88. The smallest absolute Gasteiger partial charge is 0.366 e. The molecule has 2 amide bonds. The van der Waals surface area contributed by atoms with E-state index in [0.29, 0.717) is 35.7 Å². The molecule has 2 rings (SSSR count). The number of benzene rings is 2. The molecular weight excluding hydrogens is 659 g/mol. The molecule has 1 atom stereocenters. The fourth-order valence-corrected chi connectivity index (χ4v) is 6.16. The lowest BCUT2D eigenvalue weighted by molar-refractivity contribution is -0.119. The van der Waals surface area contributed by atoms with Gasteiger partial charge in [0.25, 0.3) is 0 Å². The molecule has 12 heteroatoms. The zero-order chi connectivity index (χ0) is 34.2. The molecule has 9 nitrogen and oxygen atoms in total. The Balaban J connectivity index is 0.0000106. The minimum atomic E-state index is -4.53. The minimum absolute atomic E-state index is 0. The van der Waals surface area contributed by atoms with Crippen molar-refractivity contribution in [3.05, 3.63) is 57.6 Å². The van der Waals surface area contributed by atoms with Gasteiger partial charge in [-0.2, -0.15) is 8.42 Å². The molecule has 2 aromatic carbocycles. The van der Waals surface area contributed by atoms with Crippen molar-refractivity contribution >= 4 is 52.6 Å². The van der Waals surface area contributed by atoms with Crippen molar-refractivity contribution in [3.63, 3.8) is 0 Å². The van der Waals surface area contributed by atoms with Crippen molar-refractivity contribution in [3.8, 4) is 5.75 Å². The molecule has 2 aromatic rings. The van der Waals surface area contributed by atoms with Crippen molar-refractivity contribution in [1.29, 1.82) is 0 Å². The van der Waals surface area contributed by atoms with Gasteiger partial charge in [-0.05, 0) is 83.4 Å². The van der Waals surface area contributed by atoms with Crippen LogP contribution in [0.15, 0.2) is 24.3 Å². The van der Waals surface area contributed by atoms with Crippen molar-refractivity contribution < 1.29 is 22.2 Å². The molecule has 0 aliphatic heterocycles. The van der Waals surface area contributed by atoms with Gasteiger partial charge in [-0.1, -0.05) is 87.8 Å². The van der Waals surface area contributed by atoms with Gasteiger partial charge in [0.05, 0.1) is 12.5 Å². The van der Waals surface area contributed by atoms with E-state index in [1.165, 1.54) is 5.56 Å². The summed E-state index contributed by atoms with van der Waals surface area (Å²) in [4.78, 5) is 26.1. The van der Waals surface area contributed by atoms with E-state index < -0.39 is 22.3 Å². The Kier molecular flexibility index (Phi) is 18.6. The third-order valence-corrected chi connectivity index (χ3v) is 8.85. The first-order chi connectivity index (χ1) is 20.9. The number of nitrogens with one attached hydrogen (secondary N) is 2. The maximum atomic E-state index is 13.4. The van der Waals surface area contributed by atoms with Crippen LogP contribution in [-0.4, -0.2) is 32.8 Å². The first-order valence-corrected chi connectivity index (χ1v) is 17.6. The molecule has 47 heavy (non-hydrogen) atoms. The molecule has 0 aromatic heterocycles. The van der Waals surface area contributed by atoms with E-state index in [0.717, 1.165) is 29.5 Å². The van der Waals surface area contributed by atoms with Gasteiger partial charge >= 0.3 is 10.3 Å². The predicted molar refractivity (Wildman–Crippen MR) is 199 cm³/mol. The lowest BCUT2D eigenvalue weighted by atomic mass is 9.83. The predicted octanol–water partition coefficient (Wildman–Crippen LogP) is 7.52. The van der Waals surface area contributed by atoms with Gasteiger partial charge in [0.1, 0.15) is 0 Å². The second-order valence-electron chi connectivity index (χ2n) is 13.6. The van der Waals surface area contributed by atoms with Crippen LogP contribution in [0, 0.1) is 0 Å². The van der Waals surface area contributed by atoms with E-state index in [9.17, 15) is 18.0 Å². The Morgan fingerprint density at radius 2 is 1.21 bits per heavy atom. The summed E-state index contributed by atoms with van der Waals surface area (Å²) in [7, 11) is -4.53. The van der Waals surface area contributed by atoms with Gasteiger partial charge in [0.2, 0.25) is 11.8 Å². The Bertz CT molecular complexity index is 1390. The van der Waals surface area contributed by atoms with Crippen LogP contribution in [0.1, 0.15) is 151 Å². The molecule has 0 saturated carbocycles. The number of rotatable bonds is 16. The molecule has 0 bridgehead atoms. The van der Waals surface area contributed by atoms with Crippen molar-refractivity contribution in [2.24, 2.45) is 11.5 Å². The average Bonchev–Trinajstić information content (AvgIpc) is 2.92. The quantitative estimate of drug-likeness (QED) is 0.131. The number of unbranched alkanes of at least 4 members (excludes halogenated alkanes) is 1. The lowest BCUT2D eigenvalue weighted by Crippen LogP contribution is -2.36. The average molecular weight is 718 g/mol. The second-order valence-corrected chi connectivity index (χ2v) is 14.8. The summed E-state index contributed by atoms with van der Waals surface area (Å²) < 4.78 is 34.5. The molecule has 0 unspecified atom stereocenters. The summed E-state index contributed by atoms with van der Waals surface area (Å²) in [6.45, 7) is 20.7. The first-order valence-electron chi connectivity index (χ1n) is 16.2. The van der Waals surface area contributed by atoms with E-state index in [-0.39, 0.29) is 66.6 Å². The maximum Gasteiger partial charge on any atom is 0.409 e. The van der Waals surface area contributed by atoms with Gasteiger partial charge in [-0.25, -0.2) is 4.72 Å². The normalized spacial score (nSPS) is 12.3. The summed E-state index contributed by atoms with van der Waals surface area (Å²) >= 11 is 0. The van der Waals surface area contributed by atoms with Crippen molar-refractivity contribution in [1.82, 2.24) is 4.72 Å².